The summed E-state index contributed by atoms with van der Waals surface area (Å²) in [4.78, 5) is 0. The first-order valence-corrected chi connectivity index (χ1v) is 20.4. The minimum atomic E-state index is 0.776. The zero-order valence-corrected chi connectivity index (χ0v) is 27.1. The maximum absolute atomic E-state index is 1.72. The molecule has 16 saturated carbocycles. The molecule has 230 valence electrons. The lowest BCUT2D eigenvalue weighted by Gasteiger charge is -2.75. The lowest BCUT2D eigenvalue weighted by atomic mass is 9.29. The zero-order chi connectivity index (χ0) is 27.1. The van der Waals surface area contributed by atoms with Crippen LogP contribution in [0, 0.1) is 105 Å². The van der Waals surface area contributed by atoms with Gasteiger partial charge in [0.15, 0.2) is 0 Å². The highest BCUT2D eigenvalue weighted by Crippen LogP contribution is 2.80. The largest absolute Gasteiger partial charge is 0.0475 e. The summed E-state index contributed by atoms with van der Waals surface area (Å²) in [6.45, 7) is 0. The molecular weight excluding hydrogens is 504 g/mol. The second-order valence-electron chi connectivity index (χ2n) is 22.1. The molecule has 0 aromatic rings. The van der Waals surface area contributed by atoms with E-state index in [9.17, 15) is 0 Å². The molecule has 0 saturated heterocycles. The molecule has 16 aliphatic carbocycles. The van der Waals surface area contributed by atoms with Gasteiger partial charge in [0.2, 0.25) is 0 Å². The van der Waals surface area contributed by atoms with Crippen LogP contribution in [0.1, 0.15) is 154 Å². The van der Waals surface area contributed by atoms with Crippen molar-refractivity contribution in [3.63, 3.8) is 0 Å². The maximum Gasteiger partial charge on any atom is -0.0253 e. The fraction of sp³-hybridized carbons (Fsp3) is 1.00. The average molecular weight is 567 g/mol. The predicted molar refractivity (Wildman–Crippen MR) is 169 cm³/mol. The molecule has 16 rings (SSSR count). The van der Waals surface area contributed by atoms with Crippen LogP contribution >= 0.6 is 0 Å². The highest BCUT2D eigenvalue weighted by Gasteiger charge is 2.72. The van der Waals surface area contributed by atoms with Crippen LogP contribution in [0.25, 0.3) is 0 Å². The van der Waals surface area contributed by atoms with Gasteiger partial charge in [-0.2, -0.15) is 0 Å². The highest BCUT2D eigenvalue weighted by molar-refractivity contribution is 5.21. The lowest BCUT2D eigenvalue weighted by Crippen LogP contribution is -2.67. The van der Waals surface area contributed by atoms with E-state index in [2.05, 4.69) is 0 Å². The van der Waals surface area contributed by atoms with E-state index in [0.717, 1.165) is 105 Å². The van der Waals surface area contributed by atoms with Gasteiger partial charge in [-0.15, -0.1) is 0 Å². The first-order valence-electron chi connectivity index (χ1n) is 20.4. The van der Waals surface area contributed by atoms with Gasteiger partial charge in [0.25, 0.3) is 0 Å². The van der Waals surface area contributed by atoms with Crippen molar-refractivity contribution < 1.29 is 0 Å². The molecule has 0 spiro atoms. The Labute approximate surface area is 258 Å². The van der Waals surface area contributed by atoms with Crippen molar-refractivity contribution in [2.75, 3.05) is 0 Å². The van der Waals surface area contributed by atoms with E-state index in [0.29, 0.717) is 0 Å². The van der Waals surface area contributed by atoms with Crippen molar-refractivity contribution >= 4 is 0 Å². The molecule has 16 aliphatic rings. The molecule has 0 aliphatic heterocycles. The Hall–Kier alpha value is 0. The van der Waals surface area contributed by atoms with Gasteiger partial charge >= 0.3 is 0 Å². The van der Waals surface area contributed by atoms with Crippen LogP contribution in [-0.2, 0) is 0 Å². The van der Waals surface area contributed by atoms with Crippen molar-refractivity contribution in [1.82, 2.24) is 0 Å². The fourth-order valence-electron chi connectivity index (χ4n) is 20.9. The van der Waals surface area contributed by atoms with E-state index in [4.69, 9.17) is 0 Å². The smallest absolute Gasteiger partial charge is 0.0253 e. The first kappa shape index (κ1) is 25.1. The molecule has 0 aromatic heterocycles. The SMILES string of the molecule is C1C2CC3CC1CC(C(C(C14CC5CC(CC(C5)C1)C4)C14CC5CC(CC(C5)C1)C4)C14CC5CC(CC(C5)C1)C4)(C2)C3. The minimum absolute atomic E-state index is 0.776. The summed E-state index contributed by atoms with van der Waals surface area (Å²) in [5.41, 5.74) is 3.10. The van der Waals surface area contributed by atoms with Crippen LogP contribution in [0.3, 0.4) is 0 Å². The van der Waals surface area contributed by atoms with E-state index < -0.39 is 0 Å². The molecule has 0 heterocycles. The summed E-state index contributed by atoms with van der Waals surface area (Å²) in [6.07, 6.45) is 40.6. The van der Waals surface area contributed by atoms with E-state index in [1.807, 2.05) is 0 Å². The molecule has 0 atom stereocenters. The van der Waals surface area contributed by atoms with Gasteiger partial charge < -0.3 is 0 Å². The third kappa shape index (κ3) is 3.29. The van der Waals surface area contributed by atoms with Gasteiger partial charge in [0.1, 0.15) is 0 Å². The van der Waals surface area contributed by atoms with Gasteiger partial charge in [-0.05, 0) is 259 Å². The topological polar surface area (TPSA) is 0 Å². The Kier molecular flexibility index (Phi) is 4.85. The first-order chi connectivity index (χ1) is 20.4. The summed E-state index contributed by atoms with van der Waals surface area (Å²) >= 11 is 0. The summed E-state index contributed by atoms with van der Waals surface area (Å²) in [7, 11) is 0. The molecule has 0 radical (unpaired) electrons. The second kappa shape index (κ2) is 8.10. The monoisotopic (exact) mass is 566 g/mol. The van der Waals surface area contributed by atoms with Gasteiger partial charge in [-0.25, -0.2) is 0 Å². The van der Waals surface area contributed by atoms with E-state index >= 15 is 0 Å². The van der Waals surface area contributed by atoms with Crippen LogP contribution in [0.15, 0.2) is 0 Å². The highest BCUT2D eigenvalue weighted by atomic mass is 14.8. The molecule has 0 unspecified atom stereocenters. The van der Waals surface area contributed by atoms with Crippen molar-refractivity contribution in [1.29, 1.82) is 0 Å². The predicted octanol–water partition coefficient (Wildman–Crippen LogP) is 11.1. The molecule has 16 fully saturated rings. The summed E-state index contributed by atoms with van der Waals surface area (Å²) in [5.74, 6) is 16.0. The normalized spacial score (nSPS) is 65.4. The molecule has 0 nitrogen and oxygen atoms in total. The van der Waals surface area contributed by atoms with Gasteiger partial charge in [-0.1, -0.05) is 0 Å². The Morgan fingerprint density at radius 3 is 0.452 bits per heavy atom. The van der Waals surface area contributed by atoms with Crippen LogP contribution < -0.4 is 0 Å². The summed E-state index contributed by atoms with van der Waals surface area (Å²) in [6, 6.07) is 0. The van der Waals surface area contributed by atoms with E-state index in [1.165, 1.54) is 0 Å². The van der Waals surface area contributed by atoms with Crippen LogP contribution in [0.4, 0.5) is 0 Å². The van der Waals surface area contributed by atoms with E-state index in [-0.39, 0.29) is 0 Å². The second-order valence-corrected chi connectivity index (χ2v) is 22.1. The van der Waals surface area contributed by atoms with E-state index in [1.54, 1.807) is 154 Å². The summed E-state index contributed by atoms with van der Waals surface area (Å²) < 4.78 is 0. The molecule has 42 heavy (non-hydrogen) atoms. The Morgan fingerprint density at radius 2 is 0.333 bits per heavy atom. The molecule has 0 N–H and O–H groups in total. The van der Waals surface area contributed by atoms with Gasteiger partial charge in [-0.3, -0.25) is 0 Å². The number of hydrogen-bond acceptors (Lipinski definition) is 0. The fourth-order valence-corrected chi connectivity index (χ4v) is 20.9. The van der Waals surface area contributed by atoms with Crippen LogP contribution in [0.2, 0.25) is 0 Å². The van der Waals surface area contributed by atoms with Crippen LogP contribution in [-0.4, -0.2) is 0 Å². The zero-order valence-electron chi connectivity index (χ0n) is 27.1. The summed E-state index contributed by atoms with van der Waals surface area (Å²) in [5, 5.41) is 0. The Bertz CT molecular complexity index is 833. The maximum atomic E-state index is 1.72. The van der Waals surface area contributed by atoms with Crippen molar-refractivity contribution in [3.05, 3.63) is 0 Å². The van der Waals surface area contributed by atoms with Crippen molar-refractivity contribution in [3.8, 4) is 0 Å². The molecular formula is C42H62. The standard InChI is InChI=1S/C42H62/c1-25-2-27-3-26(1)14-39(13-25,15-27)37(40-16-28-4-29(17-40)6-30(5-28)18-40)38(41-19-31-7-32(20-41)9-33(8-31)21-41)42-22-34-10-35(23-42)12-36(11-34)24-42/h25-38H,1-24H2. The minimum Gasteiger partial charge on any atom is -0.0475 e. The molecule has 16 bridgehead atoms. The van der Waals surface area contributed by atoms with Crippen molar-refractivity contribution in [2.24, 2.45) is 105 Å². The third-order valence-corrected chi connectivity index (χ3v) is 19.3. The molecule has 0 amide bonds. The lowest BCUT2D eigenvalue weighted by molar-refractivity contribution is -0.264. The van der Waals surface area contributed by atoms with Gasteiger partial charge in [0.05, 0.1) is 0 Å². The molecule has 0 heteroatoms. The Balaban J connectivity index is 1.09. The molecule has 0 aromatic carbocycles. The Morgan fingerprint density at radius 1 is 0.214 bits per heavy atom. The number of hydrogen-bond donors (Lipinski definition) is 0. The van der Waals surface area contributed by atoms with Gasteiger partial charge in [0, 0.05) is 0 Å². The van der Waals surface area contributed by atoms with Crippen molar-refractivity contribution in [2.45, 2.75) is 154 Å². The number of rotatable bonds is 5. The van der Waals surface area contributed by atoms with Crippen LogP contribution in [0.5, 0.6) is 0 Å². The third-order valence-electron chi connectivity index (χ3n) is 19.3. The quantitative estimate of drug-likeness (QED) is 0.310. The average Bonchev–Trinajstić information content (AvgIpc) is 2.88.